The maximum atomic E-state index is 11.9. The summed E-state index contributed by atoms with van der Waals surface area (Å²) in [5, 5.41) is 19.5. The molecule has 0 saturated heterocycles. The third-order valence-electron chi connectivity index (χ3n) is 2.97. The van der Waals surface area contributed by atoms with Crippen LogP contribution in [0.4, 0.5) is 17.5 Å². The van der Waals surface area contributed by atoms with E-state index in [-0.39, 0.29) is 29.4 Å². The number of anilines is 2. The molecule has 1 aliphatic rings. The van der Waals surface area contributed by atoms with Crippen LogP contribution in [0.5, 0.6) is 0 Å². The lowest BCUT2D eigenvalue weighted by molar-refractivity contribution is -0.384. The lowest BCUT2D eigenvalue weighted by Gasteiger charge is -2.14. The first-order valence-electron chi connectivity index (χ1n) is 6.83. The third kappa shape index (κ3) is 4.01. The van der Waals surface area contributed by atoms with Gasteiger partial charge < -0.3 is 16.0 Å². The largest absolute Gasteiger partial charge is 0.354 e. The van der Waals surface area contributed by atoms with Crippen molar-refractivity contribution in [3.05, 3.63) is 16.3 Å². The minimum absolute atomic E-state index is 0.0318. The molecule has 0 radical (unpaired) electrons. The van der Waals surface area contributed by atoms with E-state index in [1.807, 2.05) is 6.92 Å². The Labute approximate surface area is 121 Å². The van der Waals surface area contributed by atoms with Crippen LogP contribution in [0.15, 0.2) is 6.20 Å². The van der Waals surface area contributed by atoms with Crippen molar-refractivity contribution < 1.29 is 9.72 Å². The summed E-state index contributed by atoms with van der Waals surface area (Å²) in [6, 6.07) is -0.381. The van der Waals surface area contributed by atoms with E-state index in [9.17, 15) is 14.9 Å². The molecule has 0 bridgehead atoms. The number of hydrogen-bond donors (Lipinski definition) is 3. The van der Waals surface area contributed by atoms with Crippen molar-refractivity contribution in [1.82, 2.24) is 15.3 Å². The van der Waals surface area contributed by atoms with Crippen LogP contribution in [0, 0.1) is 10.1 Å². The van der Waals surface area contributed by atoms with Gasteiger partial charge in [0.1, 0.15) is 12.2 Å². The first-order chi connectivity index (χ1) is 10.0. The summed E-state index contributed by atoms with van der Waals surface area (Å²) in [6.45, 7) is 4.09. The van der Waals surface area contributed by atoms with Gasteiger partial charge in [-0.25, -0.2) is 4.98 Å². The molecule has 0 aromatic carbocycles. The molecule has 21 heavy (non-hydrogen) atoms. The third-order valence-corrected chi connectivity index (χ3v) is 2.97. The zero-order valence-corrected chi connectivity index (χ0v) is 11.9. The molecule has 9 heteroatoms. The van der Waals surface area contributed by atoms with Crippen molar-refractivity contribution in [2.75, 3.05) is 17.2 Å². The van der Waals surface area contributed by atoms with Gasteiger partial charge in [0.05, 0.1) is 4.92 Å². The Morgan fingerprint density at radius 2 is 2.29 bits per heavy atom. The van der Waals surface area contributed by atoms with E-state index in [2.05, 4.69) is 25.9 Å². The minimum Gasteiger partial charge on any atom is -0.354 e. The van der Waals surface area contributed by atoms with Crippen molar-refractivity contribution in [1.29, 1.82) is 0 Å². The molecule has 0 spiro atoms. The number of carbonyl (C=O) groups is 1. The molecule has 1 amide bonds. The fourth-order valence-electron chi connectivity index (χ4n) is 1.68. The summed E-state index contributed by atoms with van der Waals surface area (Å²) in [4.78, 5) is 30.2. The van der Waals surface area contributed by atoms with E-state index < -0.39 is 11.0 Å². The second-order valence-electron chi connectivity index (χ2n) is 4.86. The summed E-state index contributed by atoms with van der Waals surface area (Å²) < 4.78 is 0. The fourth-order valence-corrected chi connectivity index (χ4v) is 1.68. The van der Waals surface area contributed by atoms with E-state index in [4.69, 9.17) is 0 Å². The lowest BCUT2D eigenvalue weighted by Crippen LogP contribution is -2.39. The predicted octanol–water partition coefficient (Wildman–Crippen LogP) is 0.896. The van der Waals surface area contributed by atoms with Gasteiger partial charge in [0, 0.05) is 12.6 Å². The number of nitrogens with zero attached hydrogens (tertiary/aromatic N) is 3. The number of rotatable bonds is 7. The quantitative estimate of drug-likeness (QED) is 0.504. The van der Waals surface area contributed by atoms with Gasteiger partial charge in [-0.15, -0.1) is 0 Å². The van der Waals surface area contributed by atoms with Gasteiger partial charge in [0.2, 0.25) is 17.7 Å². The molecule has 1 fully saturated rings. The SMILES string of the molecule is CCNc1ncc([N+](=O)[O-])c(NC(C)C(=O)NC2CC2)n1. The summed E-state index contributed by atoms with van der Waals surface area (Å²) >= 11 is 0. The Hall–Kier alpha value is -2.45. The second-order valence-corrected chi connectivity index (χ2v) is 4.86. The summed E-state index contributed by atoms with van der Waals surface area (Å²) in [6.07, 6.45) is 3.09. The van der Waals surface area contributed by atoms with Crippen LogP contribution in [0.25, 0.3) is 0 Å². The Kier molecular flexibility index (Phi) is 4.51. The maximum Gasteiger partial charge on any atom is 0.329 e. The molecule has 3 N–H and O–H groups in total. The number of amides is 1. The molecule has 1 aromatic rings. The molecule has 1 saturated carbocycles. The van der Waals surface area contributed by atoms with E-state index >= 15 is 0 Å². The summed E-state index contributed by atoms with van der Waals surface area (Å²) in [7, 11) is 0. The lowest BCUT2D eigenvalue weighted by atomic mass is 10.3. The van der Waals surface area contributed by atoms with E-state index in [0.717, 1.165) is 19.0 Å². The number of carbonyl (C=O) groups excluding carboxylic acids is 1. The van der Waals surface area contributed by atoms with Crippen molar-refractivity contribution in [2.24, 2.45) is 0 Å². The van der Waals surface area contributed by atoms with Gasteiger partial charge in [-0.1, -0.05) is 0 Å². The molecular weight excluding hydrogens is 276 g/mol. The Bertz CT molecular complexity index is 546. The van der Waals surface area contributed by atoms with Gasteiger partial charge in [0.15, 0.2) is 0 Å². The number of hydrogen-bond acceptors (Lipinski definition) is 7. The molecule has 1 heterocycles. The van der Waals surface area contributed by atoms with E-state index in [1.54, 1.807) is 6.92 Å². The smallest absolute Gasteiger partial charge is 0.329 e. The Morgan fingerprint density at radius 3 is 2.86 bits per heavy atom. The van der Waals surface area contributed by atoms with Crippen LogP contribution >= 0.6 is 0 Å². The molecular formula is C12H18N6O3. The van der Waals surface area contributed by atoms with Gasteiger partial charge in [-0.3, -0.25) is 14.9 Å². The van der Waals surface area contributed by atoms with Crippen molar-refractivity contribution >= 4 is 23.4 Å². The van der Waals surface area contributed by atoms with Gasteiger partial charge >= 0.3 is 5.69 Å². The van der Waals surface area contributed by atoms with Crippen LogP contribution < -0.4 is 16.0 Å². The molecule has 1 aliphatic carbocycles. The molecule has 1 atom stereocenters. The molecule has 1 unspecified atom stereocenters. The average molecular weight is 294 g/mol. The maximum absolute atomic E-state index is 11.9. The molecule has 114 valence electrons. The number of aromatic nitrogens is 2. The van der Waals surface area contributed by atoms with Crippen LogP contribution in [-0.2, 0) is 4.79 Å². The fraction of sp³-hybridized carbons (Fsp3) is 0.583. The topological polar surface area (TPSA) is 122 Å². The molecule has 0 aliphatic heterocycles. The van der Waals surface area contributed by atoms with Crippen molar-refractivity contribution in [3.63, 3.8) is 0 Å². The summed E-state index contributed by atoms with van der Waals surface area (Å²) in [5.74, 6) is 0.111. The average Bonchev–Trinajstić information content (AvgIpc) is 3.23. The van der Waals surface area contributed by atoms with Crippen molar-refractivity contribution in [3.8, 4) is 0 Å². The highest BCUT2D eigenvalue weighted by molar-refractivity contribution is 5.85. The predicted molar refractivity (Wildman–Crippen MR) is 77.1 cm³/mol. The summed E-state index contributed by atoms with van der Waals surface area (Å²) in [5.41, 5.74) is -0.261. The monoisotopic (exact) mass is 294 g/mol. The van der Waals surface area contributed by atoms with Crippen LogP contribution in [0.3, 0.4) is 0 Å². The van der Waals surface area contributed by atoms with Crippen molar-refractivity contribution in [2.45, 2.75) is 38.8 Å². The van der Waals surface area contributed by atoms with Gasteiger partial charge in [-0.2, -0.15) is 4.98 Å². The van der Waals surface area contributed by atoms with Crippen LogP contribution in [0.2, 0.25) is 0 Å². The highest BCUT2D eigenvalue weighted by atomic mass is 16.6. The zero-order chi connectivity index (χ0) is 15.4. The Morgan fingerprint density at radius 1 is 1.57 bits per heavy atom. The highest BCUT2D eigenvalue weighted by Gasteiger charge is 2.27. The highest BCUT2D eigenvalue weighted by Crippen LogP contribution is 2.23. The van der Waals surface area contributed by atoms with E-state index in [1.165, 1.54) is 0 Å². The molecule has 2 rings (SSSR count). The second kappa shape index (κ2) is 6.33. The zero-order valence-electron chi connectivity index (χ0n) is 11.9. The molecule has 1 aromatic heterocycles. The van der Waals surface area contributed by atoms with E-state index in [0.29, 0.717) is 6.54 Å². The number of nitrogens with one attached hydrogen (secondary N) is 3. The van der Waals surface area contributed by atoms with Gasteiger partial charge in [-0.05, 0) is 26.7 Å². The standard InChI is InChI=1S/C12H18N6O3/c1-3-13-12-14-6-9(18(20)21)10(17-12)15-7(2)11(19)16-8-4-5-8/h6-8H,3-5H2,1-2H3,(H,16,19)(H2,13,14,15,17). The van der Waals surface area contributed by atoms with Crippen LogP contribution in [-0.4, -0.2) is 39.4 Å². The van der Waals surface area contributed by atoms with Crippen LogP contribution in [0.1, 0.15) is 26.7 Å². The number of nitro groups is 1. The Balaban J connectivity index is 2.12. The minimum atomic E-state index is -0.617. The first kappa shape index (κ1) is 14.9. The first-order valence-corrected chi connectivity index (χ1v) is 6.83. The van der Waals surface area contributed by atoms with Gasteiger partial charge in [0.25, 0.3) is 0 Å². The normalized spacial score (nSPS) is 15.1. The molecule has 9 nitrogen and oxygen atoms in total.